The number of benzene rings is 1. The van der Waals surface area contributed by atoms with Crippen molar-refractivity contribution in [3.05, 3.63) is 34.9 Å². The van der Waals surface area contributed by atoms with Crippen molar-refractivity contribution in [3.63, 3.8) is 0 Å². The molecule has 0 bridgehead atoms. The number of rotatable bonds is 4. The molecule has 0 saturated heterocycles. The van der Waals surface area contributed by atoms with Gasteiger partial charge in [-0.3, -0.25) is 0 Å². The molecule has 3 nitrogen and oxygen atoms in total. The summed E-state index contributed by atoms with van der Waals surface area (Å²) in [5.41, 5.74) is 4.12. The molecule has 98 valence electrons. The molecular weight excluding hydrogens is 224 g/mol. The normalized spacial score (nSPS) is 15.0. The van der Waals surface area contributed by atoms with Crippen LogP contribution in [-0.4, -0.2) is 12.6 Å². The summed E-state index contributed by atoms with van der Waals surface area (Å²) in [6.07, 6.45) is 4.60. The molecule has 2 rings (SSSR count). The van der Waals surface area contributed by atoms with Crippen LogP contribution in [0.3, 0.4) is 0 Å². The number of aryl methyl sites for hydroxylation is 2. The molecule has 2 amide bonds. The Labute approximate surface area is 109 Å². The summed E-state index contributed by atoms with van der Waals surface area (Å²) >= 11 is 0. The number of carbonyl (C=O) groups is 1. The van der Waals surface area contributed by atoms with Crippen molar-refractivity contribution in [1.82, 2.24) is 10.6 Å². The Morgan fingerprint density at radius 1 is 1.33 bits per heavy atom. The standard InChI is InChI=1S/C15H22N2O/c1-3-9-16-15(18)17-11(2)13-8-7-12-5-4-6-14(12)10-13/h7-8,10-11H,3-6,9H2,1-2H3,(H2,16,17,18)/t11-/m1/s1. The van der Waals surface area contributed by atoms with E-state index in [1.165, 1.54) is 36.0 Å². The van der Waals surface area contributed by atoms with E-state index in [4.69, 9.17) is 0 Å². The first-order valence-electron chi connectivity index (χ1n) is 6.86. The van der Waals surface area contributed by atoms with Crippen molar-refractivity contribution >= 4 is 6.03 Å². The first-order valence-corrected chi connectivity index (χ1v) is 6.86. The van der Waals surface area contributed by atoms with Gasteiger partial charge in [-0.25, -0.2) is 4.79 Å². The summed E-state index contributed by atoms with van der Waals surface area (Å²) in [6, 6.07) is 6.57. The molecular formula is C15H22N2O. The van der Waals surface area contributed by atoms with E-state index >= 15 is 0 Å². The SMILES string of the molecule is CCCNC(=O)N[C@H](C)c1ccc2c(c1)CCC2. The van der Waals surface area contributed by atoms with Gasteiger partial charge < -0.3 is 10.6 Å². The van der Waals surface area contributed by atoms with Gasteiger partial charge in [-0.05, 0) is 49.3 Å². The van der Waals surface area contributed by atoms with E-state index in [2.05, 4.69) is 28.8 Å². The Kier molecular flexibility index (Phi) is 4.24. The molecule has 0 fully saturated rings. The molecule has 1 atom stereocenters. The van der Waals surface area contributed by atoms with E-state index in [1.54, 1.807) is 0 Å². The fraction of sp³-hybridized carbons (Fsp3) is 0.533. The molecule has 1 aromatic carbocycles. The van der Waals surface area contributed by atoms with Gasteiger partial charge in [-0.15, -0.1) is 0 Å². The second-order valence-electron chi connectivity index (χ2n) is 5.00. The average Bonchev–Trinajstić information content (AvgIpc) is 2.83. The molecule has 0 aromatic heterocycles. The highest BCUT2D eigenvalue weighted by molar-refractivity contribution is 5.74. The summed E-state index contributed by atoms with van der Waals surface area (Å²) < 4.78 is 0. The Morgan fingerprint density at radius 3 is 2.89 bits per heavy atom. The average molecular weight is 246 g/mol. The minimum Gasteiger partial charge on any atom is -0.338 e. The number of amides is 2. The van der Waals surface area contributed by atoms with E-state index in [0.29, 0.717) is 0 Å². The van der Waals surface area contributed by atoms with Gasteiger partial charge in [0, 0.05) is 6.54 Å². The largest absolute Gasteiger partial charge is 0.338 e. The van der Waals surface area contributed by atoms with Gasteiger partial charge in [0.05, 0.1) is 6.04 Å². The highest BCUT2D eigenvalue weighted by atomic mass is 16.2. The predicted molar refractivity (Wildman–Crippen MR) is 73.7 cm³/mol. The second kappa shape index (κ2) is 5.89. The molecule has 1 aliphatic rings. The summed E-state index contributed by atoms with van der Waals surface area (Å²) in [6.45, 7) is 4.80. The molecule has 1 aliphatic carbocycles. The van der Waals surface area contributed by atoms with Crippen LogP contribution in [0, 0.1) is 0 Å². The Hall–Kier alpha value is -1.51. The smallest absolute Gasteiger partial charge is 0.315 e. The predicted octanol–water partition coefficient (Wildman–Crippen LogP) is 2.95. The molecule has 0 spiro atoms. The zero-order valence-corrected chi connectivity index (χ0v) is 11.3. The van der Waals surface area contributed by atoms with Crippen LogP contribution in [0.15, 0.2) is 18.2 Å². The maximum atomic E-state index is 11.6. The number of nitrogens with one attached hydrogen (secondary N) is 2. The summed E-state index contributed by atoms with van der Waals surface area (Å²) in [7, 11) is 0. The fourth-order valence-corrected chi connectivity index (χ4v) is 2.43. The Bertz CT molecular complexity index is 429. The first-order chi connectivity index (χ1) is 8.70. The molecule has 2 N–H and O–H groups in total. The number of urea groups is 1. The lowest BCUT2D eigenvalue weighted by Crippen LogP contribution is -2.37. The third-order valence-electron chi connectivity index (χ3n) is 3.51. The molecule has 3 heteroatoms. The van der Waals surface area contributed by atoms with Crippen LogP contribution in [0.4, 0.5) is 4.79 Å². The van der Waals surface area contributed by atoms with E-state index in [-0.39, 0.29) is 12.1 Å². The van der Waals surface area contributed by atoms with Crippen LogP contribution < -0.4 is 10.6 Å². The van der Waals surface area contributed by atoms with Gasteiger partial charge in [0.15, 0.2) is 0 Å². The summed E-state index contributed by atoms with van der Waals surface area (Å²) in [4.78, 5) is 11.6. The van der Waals surface area contributed by atoms with E-state index < -0.39 is 0 Å². The highest BCUT2D eigenvalue weighted by Gasteiger charge is 2.14. The maximum Gasteiger partial charge on any atom is 0.315 e. The van der Waals surface area contributed by atoms with Gasteiger partial charge in [0.2, 0.25) is 0 Å². The van der Waals surface area contributed by atoms with E-state index in [9.17, 15) is 4.79 Å². The van der Waals surface area contributed by atoms with Crippen molar-refractivity contribution in [2.24, 2.45) is 0 Å². The molecule has 1 aromatic rings. The minimum atomic E-state index is -0.0788. The number of hydrogen-bond donors (Lipinski definition) is 2. The van der Waals surface area contributed by atoms with Crippen LogP contribution in [-0.2, 0) is 12.8 Å². The third-order valence-corrected chi connectivity index (χ3v) is 3.51. The van der Waals surface area contributed by atoms with Gasteiger partial charge >= 0.3 is 6.03 Å². The van der Waals surface area contributed by atoms with Gasteiger partial charge in [0.1, 0.15) is 0 Å². The zero-order chi connectivity index (χ0) is 13.0. The molecule has 0 heterocycles. The lowest BCUT2D eigenvalue weighted by Gasteiger charge is -2.16. The van der Waals surface area contributed by atoms with Crippen LogP contribution in [0.5, 0.6) is 0 Å². The molecule has 0 unspecified atom stereocenters. The van der Waals surface area contributed by atoms with Crippen molar-refractivity contribution in [1.29, 1.82) is 0 Å². The van der Waals surface area contributed by atoms with E-state index in [0.717, 1.165) is 13.0 Å². The monoisotopic (exact) mass is 246 g/mol. The summed E-state index contributed by atoms with van der Waals surface area (Å²) in [5, 5.41) is 5.81. The second-order valence-corrected chi connectivity index (χ2v) is 5.00. The highest BCUT2D eigenvalue weighted by Crippen LogP contribution is 2.25. The quantitative estimate of drug-likeness (QED) is 0.842. The maximum absolute atomic E-state index is 11.6. The minimum absolute atomic E-state index is 0.0627. The molecule has 18 heavy (non-hydrogen) atoms. The van der Waals surface area contributed by atoms with Crippen molar-refractivity contribution < 1.29 is 4.79 Å². The Balaban J connectivity index is 1.96. The molecule has 0 aliphatic heterocycles. The van der Waals surface area contributed by atoms with Crippen molar-refractivity contribution in [2.75, 3.05) is 6.54 Å². The number of hydrogen-bond acceptors (Lipinski definition) is 1. The lowest BCUT2D eigenvalue weighted by atomic mass is 10.0. The van der Waals surface area contributed by atoms with Gasteiger partial charge in [-0.2, -0.15) is 0 Å². The van der Waals surface area contributed by atoms with Gasteiger partial charge in [0.25, 0.3) is 0 Å². The van der Waals surface area contributed by atoms with Crippen molar-refractivity contribution in [2.45, 2.75) is 45.6 Å². The zero-order valence-electron chi connectivity index (χ0n) is 11.3. The van der Waals surface area contributed by atoms with Crippen molar-refractivity contribution in [3.8, 4) is 0 Å². The topological polar surface area (TPSA) is 41.1 Å². The molecule has 0 radical (unpaired) electrons. The van der Waals surface area contributed by atoms with Crippen LogP contribution in [0.2, 0.25) is 0 Å². The Morgan fingerprint density at radius 2 is 2.11 bits per heavy atom. The first kappa shape index (κ1) is 12.9. The molecule has 0 saturated carbocycles. The van der Waals surface area contributed by atoms with Crippen LogP contribution in [0.1, 0.15) is 49.4 Å². The number of carbonyl (C=O) groups excluding carboxylic acids is 1. The van der Waals surface area contributed by atoms with Gasteiger partial charge in [-0.1, -0.05) is 25.1 Å². The summed E-state index contributed by atoms with van der Waals surface area (Å²) in [5.74, 6) is 0. The van der Waals surface area contributed by atoms with E-state index in [1.807, 2.05) is 13.8 Å². The fourth-order valence-electron chi connectivity index (χ4n) is 2.43. The lowest BCUT2D eigenvalue weighted by molar-refractivity contribution is 0.238. The van der Waals surface area contributed by atoms with Crippen LogP contribution >= 0.6 is 0 Å². The third kappa shape index (κ3) is 3.03. The van der Waals surface area contributed by atoms with Crippen LogP contribution in [0.25, 0.3) is 0 Å². The number of fused-ring (bicyclic) bond motifs is 1.